The predicted molar refractivity (Wildman–Crippen MR) is 58.4 cm³/mol. The van der Waals surface area contributed by atoms with Crippen LogP contribution in [0.1, 0.15) is 44.9 Å². The van der Waals surface area contributed by atoms with Gasteiger partial charge in [0.05, 0.1) is 13.5 Å². The highest BCUT2D eigenvalue weighted by Crippen LogP contribution is 2.30. The van der Waals surface area contributed by atoms with E-state index in [1.54, 1.807) is 0 Å². The lowest BCUT2D eigenvalue weighted by atomic mass is 9.84. The van der Waals surface area contributed by atoms with Gasteiger partial charge >= 0.3 is 5.97 Å². The van der Waals surface area contributed by atoms with Crippen LogP contribution in [0.15, 0.2) is 0 Å². The molecule has 0 aromatic heterocycles. The first-order chi connectivity index (χ1) is 7.27. The van der Waals surface area contributed by atoms with Crippen LogP contribution in [-0.4, -0.2) is 24.8 Å². The van der Waals surface area contributed by atoms with E-state index in [1.165, 1.54) is 32.8 Å². The van der Waals surface area contributed by atoms with Gasteiger partial charge in [0.25, 0.3) is 0 Å². The molecule has 88 valence electrons. The summed E-state index contributed by atoms with van der Waals surface area (Å²) >= 11 is 0. The normalized spacial score (nSPS) is 20.7. The molecule has 1 atom stereocenters. The van der Waals surface area contributed by atoms with Gasteiger partial charge in [0.2, 0.25) is 0 Å². The molecule has 3 nitrogen and oxygen atoms in total. The molecule has 0 aliphatic heterocycles. The summed E-state index contributed by atoms with van der Waals surface area (Å²) in [5.41, 5.74) is 0. The minimum atomic E-state index is -0.196. The molecule has 1 fully saturated rings. The van der Waals surface area contributed by atoms with E-state index in [9.17, 15) is 9.90 Å². The largest absolute Gasteiger partial charge is 0.469 e. The summed E-state index contributed by atoms with van der Waals surface area (Å²) in [6.45, 7) is 0.111. The fraction of sp³-hybridized carbons (Fsp3) is 0.917. The molecule has 0 saturated heterocycles. The van der Waals surface area contributed by atoms with Crippen molar-refractivity contribution in [3.8, 4) is 0 Å². The Labute approximate surface area is 91.8 Å². The third kappa shape index (κ3) is 4.20. The standard InChI is InChI=1S/C12H22O3/c1-15-12(14)8-11(9-13)10-6-4-2-3-5-7-10/h10-11,13H,2-9H2,1H3. The average Bonchev–Trinajstić information content (AvgIpc) is 2.54. The van der Waals surface area contributed by atoms with Crippen LogP contribution < -0.4 is 0 Å². The highest BCUT2D eigenvalue weighted by molar-refractivity contribution is 5.69. The van der Waals surface area contributed by atoms with Crippen LogP contribution in [0.2, 0.25) is 0 Å². The molecule has 1 N–H and O–H groups in total. The van der Waals surface area contributed by atoms with Crippen molar-refractivity contribution in [2.45, 2.75) is 44.9 Å². The number of ether oxygens (including phenoxy) is 1. The molecule has 1 aliphatic rings. The Kier molecular flexibility index (Phi) is 5.69. The second kappa shape index (κ2) is 6.83. The summed E-state index contributed by atoms with van der Waals surface area (Å²) in [6, 6.07) is 0. The van der Waals surface area contributed by atoms with E-state index in [1.807, 2.05) is 0 Å². The number of rotatable bonds is 4. The van der Waals surface area contributed by atoms with Gasteiger partial charge in [0, 0.05) is 6.61 Å². The van der Waals surface area contributed by atoms with Gasteiger partial charge < -0.3 is 9.84 Å². The number of esters is 1. The molecule has 3 heteroatoms. The zero-order valence-electron chi connectivity index (χ0n) is 9.58. The van der Waals surface area contributed by atoms with E-state index in [2.05, 4.69) is 4.74 Å². The summed E-state index contributed by atoms with van der Waals surface area (Å²) in [6.07, 6.45) is 7.76. The predicted octanol–water partition coefficient (Wildman–Crippen LogP) is 2.13. The summed E-state index contributed by atoms with van der Waals surface area (Å²) in [4.78, 5) is 11.2. The molecule has 1 aliphatic carbocycles. The SMILES string of the molecule is COC(=O)CC(CO)C1CCCCCC1. The molecule has 0 aromatic rings. The van der Waals surface area contributed by atoms with Gasteiger partial charge in [-0.25, -0.2) is 0 Å². The van der Waals surface area contributed by atoms with Crippen LogP contribution in [0, 0.1) is 11.8 Å². The molecule has 0 aromatic carbocycles. The minimum absolute atomic E-state index is 0.107. The van der Waals surface area contributed by atoms with Crippen molar-refractivity contribution < 1.29 is 14.6 Å². The maximum atomic E-state index is 11.2. The van der Waals surface area contributed by atoms with Crippen molar-refractivity contribution in [1.29, 1.82) is 0 Å². The van der Waals surface area contributed by atoms with Crippen molar-refractivity contribution in [2.24, 2.45) is 11.8 Å². The van der Waals surface area contributed by atoms with Gasteiger partial charge in [0.1, 0.15) is 0 Å². The number of methoxy groups -OCH3 is 1. The van der Waals surface area contributed by atoms with Crippen molar-refractivity contribution >= 4 is 5.97 Å². The zero-order valence-corrected chi connectivity index (χ0v) is 9.58. The fourth-order valence-corrected chi connectivity index (χ4v) is 2.46. The lowest BCUT2D eigenvalue weighted by Gasteiger charge is -2.23. The third-order valence-electron chi connectivity index (χ3n) is 3.46. The van der Waals surface area contributed by atoms with Gasteiger partial charge in [-0.2, -0.15) is 0 Å². The Balaban J connectivity index is 2.44. The average molecular weight is 214 g/mol. The molecule has 1 rings (SSSR count). The summed E-state index contributed by atoms with van der Waals surface area (Å²) in [5, 5.41) is 9.31. The maximum Gasteiger partial charge on any atom is 0.305 e. The molecular weight excluding hydrogens is 192 g/mol. The number of aliphatic hydroxyl groups excluding tert-OH is 1. The summed E-state index contributed by atoms with van der Waals surface area (Å²) < 4.78 is 4.65. The number of hydrogen-bond donors (Lipinski definition) is 1. The Morgan fingerprint density at radius 3 is 2.40 bits per heavy atom. The van der Waals surface area contributed by atoms with Gasteiger partial charge in [0.15, 0.2) is 0 Å². The molecule has 1 saturated carbocycles. The Morgan fingerprint density at radius 2 is 1.93 bits per heavy atom. The molecule has 0 bridgehead atoms. The monoisotopic (exact) mass is 214 g/mol. The fourth-order valence-electron chi connectivity index (χ4n) is 2.46. The lowest BCUT2D eigenvalue weighted by molar-refractivity contribution is -0.142. The van der Waals surface area contributed by atoms with E-state index in [-0.39, 0.29) is 18.5 Å². The Morgan fingerprint density at radius 1 is 1.33 bits per heavy atom. The van der Waals surface area contributed by atoms with Gasteiger partial charge in [-0.1, -0.05) is 38.5 Å². The number of aliphatic hydroxyl groups is 1. The molecule has 0 heterocycles. The third-order valence-corrected chi connectivity index (χ3v) is 3.46. The van der Waals surface area contributed by atoms with Crippen LogP contribution in [0.5, 0.6) is 0 Å². The number of carbonyl (C=O) groups is 1. The van der Waals surface area contributed by atoms with Gasteiger partial charge in [-0.15, -0.1) is 0 Å². The van der Waals surface area contributed by atoms with Crippen LogP contribution in [0.4, 0.5) is 0 Å². The summed E-state index contributed by atoms with van der Waals surface area (Å²) in [7, 11) is 1.41. The molecule has 0 spiro atoms. The Hall–Kier alpha value is -0.570. The highest BCUT2D eigenvalue weighted by Gasteiger charge is 2.24. The first-order valence-electron chi connectivity index (χ1n) is 5.95. The van der Waals surface area contributed by atoms with E-state index in [0.717, 1.165) is 12.8 Å². The highest BCUT2D eigenvalue weighted by atomic mass is 16.5. The van der Waals surface area contributed by atoms with Crippen LogP contribution in [-0.2, 0) is 9.53 Å². The topological polar surface area (TPSA) is 46.5 Å². The first kappa shape index (κ1) is 12.5. The van der Waals surface area contributed by atoms with Gasteiger partial charge in [-0.3, -0.25) is 4.79 Å². The molecule has 1 unspecified atom stereocenters. The molecule has 0 radical (unpaired) electrons. The van der Waals surface area contributed by atoms with Gasteiger partial charge in [-0.05, 0) is 11.8 Å². The second-order valence-corrected chi connectivity index (χ2v) is 4.47. The van der Waals surface area contributed by atoms with Crippen molar-refractivity contribution in [2.75, 3.05) is 13.7 Å². The first-order valence-corrected chi connectivity index (χ1v) is 5.95. The van der Waals surface area contributed by atoms with Crippen molar-refractivity contribution in [3.63, 3.8) is 0 Å². The molecule has 0 amide bonds. The minimum Gasteiger partial charge on any atom is -0.469 e. The van der Waals surface area contributed by atoms with Crippen molar-refractivity contribution in [3.05, 3.63) is 0 Å². The van der Waals surface area contributed by atoms with E-state index in [0.29, 0.717) is 12.3 Å². The number of hydrogen-bond acceptors (Lipinski definition) is 3. The lowest BCUT2D eigenvalue weighted by Crippen LogP contribution is -2.22. The quantitative estimate of drug-likeness (QED) is 0.576. The summed E-state index contributed by atoms with van der Waals surface area (Å²) in [5.74, 6) is 0.422. The second-order valence-electron chi connectivity index (χ2n) is 4.47. The Bertz CT molecular complexity index is 183. The van der Waals surface area contributed by atoms with Crippen LogP contribution in [0.3, 0.4) is 0 Å². The van der Waals surface area contributed by atoms with Crippen LogP contribution in [0.25, 0.3) is 0 Å². The van der Waals surface area contributed by atoms with Crippen LogP contribution >= 0.6 is 0 Å². The molecular formula is C12H22O3. The number of carbonyl (C=O) groups excluding carboxylic acids is 1. The van der Waals surface area contributed by atoms with Crippen molar-refractivity contribution in [1.82, 2.24) is 0 Å². The van der Waals surface area contributed by atoms with E-state index < -0.39 is 0 Å². The zero-order chi connectivity index (χ0) is 11.1. The van der Waals surface area contributed by atoms with E-state index in [4.69, 9.17) is 0 Å². The maximum absolute atomic E-state index is 11.2. The van der Waals surface area contributed by atoms with E-state index >= 15 is 0 Å². The smallest absolute Gasteiger partial charge is 0.305 e. The molecule has 15 heavy (non-hydrogen) atoms.